The summed E-state index contributed by atoms with van der Waals surface area (Å²) in [5.41, 5.74) is 0.895. The molecular formula is C14H19N3O5. The predicted molar refractivity (Wildman–Crippen MR) is 78.6 cm³/mol. The summed E-state index contributed by atoms with van der Waals surface area (Å²) in [5.74, 6) is -0.556. The van der Waals surface area contributed by atoms with Crippen molar-refractivity contribution in [1.29, 1.82) is 0 Å². The van der Waals surface area contributed by atoms with Gasteiger partial charge in [0.15, 0.2) is 0 Å². The number of ether oxygens (including phenoxy) is 1. The van der Waals surface area contributed by atoms with E-state index >= 15 is 0 Å². The Morgan fingerprint density at radius 1 is 1.41 bits per heavy atom. The van der Waals surface area contributed by atoms with Crippen LogP contribution < -0.4 is 10.2 Å². The summed E-state index contributed by atoms with van der Waals surface area (Å²) in [6.45, 7) is 1.78. The van der Waals surface area contributed by atoms with Crippen LogP contribution in [0, 0.1) is 6.92 Å². The van der Waals surface area contributed by atoms with Crippen molar-refractivity contribution in [2.24, 2.45) is 0 Å². The lowest BCUT2D eigenvalue weighted by Crippen LogP contribution is -2.33. The van der Waals surface area contributed by atoms with Gasteiger partial charge in [0.25, 0.3) is 0 Å². The zero-order valence-corrected chi connectivity index (χ0v) is 12.5. The second kappa shape index (κ2) is 8.60. The third-order valence-corrected chi connectivity index (χ3v) is 2.85. The van der Waals surface area contributed by atoms with E-state index in [0.717, 1.165) is 10.5 Å². The first-order valence-electron chi connectivity index (χ1n) is 6.70. The maximum absolute atomic E-state index is 11.5. The van der Waals surface area contributed by atoms with Crippen molar-refractivity contribution in [2.45, 2.75) is 19.8 Å². The number of rotatable bonds is 7. The molecule has 2 N–H and O–H groups in total. The molecule has 1 heterocycles. The van der Waals surface area contributed by atoms with E-state index in [4.69, 9.17) is 0 Å². The summed E-state index contributed by atoms with van der Waals surface area (Å²) in [5, 5.41) is 11.6. The molecular weight excluding hydrogens is 290 g/mol. The fraction of sp³-hybridized carbons (Fsp3) is 0.429. The fourth-order valence-electron chi connectivity index (χ4n) is 1.71. The first-order valence-corrected chi connectivity index (χ1v) is 6.70. The van der Waals surface area contributed by atoms with Gasteiger partial charge in [0.1, 0.15) is 12.4 Å². The molecule has 0 fully saturated rings. The Morgan fingerprint density at radius 3 is 2.73 bits per heavy atom. The van der Waals surface area contributed by atoms with Crippen molar-refractivity contribution in [1.82, 2.24) is 10.3 Å². The van der Waals surface area contributed by atoms with Gasteiger partial charge in [-0.05, 0) is 31.0 Å². The molecule has 8 nitrogen and oxygen atoms in total. The maximum Gasteiger partial charge on any atom is 0.413 e. The predicted octanol–water partition coefficient (Wildman–Crippen LogP) is 0.944. The monoisotopic (exact) mass is 309 g/mol. The number of aryl methyl sites for hydroxylation is 1. The number of carbonyl (C=O) groups excluding carboxylic acids is 2. The van der Waals surface area contributed by atoms with Crippen molar-refractivity contribution in [3.63, 3.8) is 0 Å². The minimum absolute atomic E-state index is 0.104. The van der Waals surface area contributed by atoms with Crippen LogP contribution in [0.1, 0.15) is 18.4 Å². The first kappa shape index (κ1) is 17.4. The van der Waals surface area contributed by atoms with E-state index in [1.54, 1.807) is 12.1 Å². The van der Waals surface area contributed by atoms with Gasteiger partial charge in [0.2, 0.25) is 5.91 Å². The molecule has 1 aromatic heterocycles. The largest absolute Gasteiger partial charge is 0.468 e. The second-order valence-corrected chi connectivity index (χ2v) is 4.58. The smallest absolute Gasteiger partial charge is 0.413 e. The standard InChI is InChI=1S/C14H19N3O5/c1-10-5-6-15-11(8-10)17(14(20)21)7-3-4-12(18)16-9-13(19)22-2/h5-6,8H,3-4,7,9H2,1-2H3,(H,16,18)(H,20,21). The van der Waals surface area contributed by atoms with E-state index in [2.05, 4.69) is 15.0 Å². The molecule has 22 heavy (non-hydrogen) atoms. The zero-order chi connectivity index (χ0) is 16.5. The van der Waals surface area contributed by atoms with Crippen LogP contribution in [-0.4, -0.2) is 48.3 Å². The Labute approximate surface area is 128 Å². The van der Waals surface area contributed by atoms with E-state index in [9.17, 15) is 19.5 Å². The second-order valence-electron chi connectivity index (χ2n) is 4.58. The molecule has 0 atom stereocenters. The highest BCUT2D eigenvalue weighted by molar-refractivity contribution is 5.85. The fourth-order valence-corrected chi connectivity index (χ4v) is 1.71. The number of methoxy groups -OCH3 is 1. The zero-order valence-electron chi connectivity index (χ0n) is 12.5. The molecule has 0 aromatic carbocycles. The summed E-state index contributed by atoms with van der Waals surface area (Å²) in [4.78, 5) is 38.7. The van der Waals surface area contributed by atoms with E-state index < -0.39 is 12.1 Å². The molecule has 0 spiro atoms. The maximum atomic E-state index is 11.5. The molecule has 0 radical (unpaired) electrons. The number of anilines is 1. The van der Waals surface area contributed by atoms with Crippen molar-refractivity contribution in [3.8, 4) is 0 Å². The number of hydrogen-bond donors (Lipinski definition) is 2. The minimum atomic E-state index is -1.13. The quantitative estimate of drug-likeness (QED) is 0.726. The molecule has 0 saturated carbocycles. The van der Waals surface area contributed by atoms with E-state index in [1.165, 1.54) is 13.3 Å². The van der Waals surface area contributed by atoms with Crippen LogP contribution in [-0.2, 0) is 14.3 Å². The van der Waals surface area contributed by atoms with Crippen LogP contribution in [0.2, 0.25) is 0 Å². The number of hydrogen-bond acceptors (Lipinski definition) is 5. The van der Waals surface area contributed by atoms with E-state index in [0.29, 0.717) is 12.2 Å². The van der Waals surface area contributed by atoms with Crippen LogP contribution in [0.15, 0.2) is 18.3 Å². The van der Waals surface area contributed by atoms with Crippen molar-refractivity contribution in [2.75, 3.05) is 25.1 Å². The third kappa shape index (κ3) is 5.78. The molecule has 1 aromatic rings. The van der Waals surface area contributed by atoms with Gasteiger partial charge >= 0.3 is 12.1 Å². The molecule has 8 heteroatoms. The van der Waals surface area contributed by atoms with E-state index in [-0.39, 0.29) is 25.4 Å². The normalized spacial score (nSPS) is 9.91. The van der Waals surface area contributed by atoms with Crippen molar-refractivity contribution >= 4 is 23.8 Å². The van der Waals surface area contributed by atoms with E-state index in [1.807, 2.05) is 6.92 Å². The Hall–Kier alpha value is -2.64. The van der Waals surface area contributed by atoms with Crippen LogP contribution >= 0.6 is 0 Å². The third-order valence-electron chi connectivity index (χ3n) is 2.85. The Bertz CT molecular complexity index is 547. The molecule has 1 rings (SSSR count). The number of amides is 2. The number of carboxylic acid groups (broad SMARTS) is 1. The number of esters is 1. The average molecular weight is 309 g/mol. The summed E-state index contributed by atoms with van der Waals surface area (Å²) in [6, 6.07) is 3.43. The molecule has 0 aliphatic rings. The van der Waals surface area contributed by atoms with Gasteiger partial charge in [-0.2, -0.15) is 0 Å². The van der Waals surface area contributed by atoms with Crippen LogP contribution in [0.5, 0.6) is 0 Å². The van der Waals surface area contributed by atoms with Gasteiger partial charge in [0.05, 0.1) is 7.11 Å². The first-order chi connectivity index (χ1) is 10.4. The molecule has 0 aliphatic carbocycles. The summed E-state index contributed by atoms with van der Waals surface area (Å²) in [6.07, 6.45) is 0.818. The summed E-state index contributed by atoms with van der Waals surface area (Å²) in [7, 11) is 1.23. The number of nitrogens with one attached hydrogen (secondary N) is 1. The van der Waals surface area contributed by atoms with Crippen LogP contribution in [0.3, 0.4) is 0 Å². The number of pyridine rings is 1. The average Bonchev–Trinajstić information content (AvgIpc) is 2.48. The van der Waals surface area contributed by atoms with Gasteiger partial charge in [-0.15, -0.1) is 0 Å². The van der Waals surface area contributed by atoms with Crippen molar-refractivity contribution in [3.05, 3.63) is 23.9 Å². The van der Waals surface area contributed by atoms with Crippen LogP contribution in [0.4, 0.5) is 10.6 Å². The lowest BCUT2D eigenvalue weighted by Gasteiger charge is -2.18. The summed E-state index contributed by atoms with van der Waals surface area (Å²) < 4.78 is 4.40. The lowest BCUT2D eigenvalue weighted by molar-refractivity contribution is -0.141. The highest BCUT2D eigenvalue weighted by Gasteiger charge is 2.16. The van der Waals surface area contributed by atoms with Gasteiger partial charge in [-0.25, -0.2) is 9.78 Å². The molecule has 0 saturated heterocycles. The van der Waals surface area contributed by atoms with Gasteiger partial charge in [0, 0.05) is 19.2 Å². The molecule has 0 bridgehead atoms. The van der Waals surface area contributed by atoms with Gasteiger partial charge in [-0.1, -0.05) is 0 Å². The Morgan fingerprint density at radius 2 is 2.14 bits per heavy atom. The topological polar surface area (TPSA) is 109 Å². The molecule has 0 aliphatic heterocycles. The summed E-state index contributed by atoms with van der Waals surface area (Å²) >= 11 is 0. The highest BCUT2D eigenvalue weighted by atomic mass is 16.5. The van der Waals surface area contributed by atoms with Crippen molar-refractivity contribution < 1.29 is 24.2 Å². The Balaban J connectivity index is 2.47. The SMILES string of the molecule is COC(=O)CNC(=O)CCCN(C(=O)O)c1cc(C)ccn1. The molecule has 0 unspecified atom stereocenters. The van der Waals surface area contributed by atoms with Gasteiger partial charge < -0.3 is 15.2 Å². The van der Waals surface area contributed by atoms with Crippen LogP contribution in [0.25, 0.3) is 0 Å². The number of carbonyl (C=O) groups is 3. The molecule has 2 amide bonds. The minimum Gasteiger partial charge on any atom is -0.468 e. The van der Waals surface area contributed by atoms with Gasteiger partial charge in [-0.3, -0.25) is 14.5 Å². The number of aromatic nitrogens is 1. The lowest BCUT2D eigenvalue weighted by atomic mass is 10.2. The Kier molecular flexibility index (Phi) is 6.81. The molecule has 120 valence electrons. The highest BCUT2D eigenvalue weighted by Crippen LogP contribution is 2.13. The number of nitrogens with zero attached hydrogens (tertiary/aromatic N) is 2.